The summed E-state index contributed by atoms with van der Waals surface area (Å²) < 4.78 is 10.4. The molecule has 100 valence electrons. The largest absolute Gasteiger partial charge is 0.497 e. The van der Waals surface area contributed by atoms with E-state index >= 15 is 0 Å². The second kappa shape index (κ2) is 5.76. The Bertz CT molecular complexity index is 424. The monoisotopic (exact) mass is 252 g/mol. The zero-order valence-corrected chi connectivity index (χ0v) is 11.3. The highest BCUT2D eigenvalue weighted by Gasteiger charge is 2.26. The highest BCUT2D eigenvalue weighted by molar-refractivity contribution is 5.73. The van der Waals surface area contributed by atoms with Crippen molar-refractivity contribution in [1.82, 2.24) is 0 Å². The lowest BCUT2D eigenvalue weighted by Crippen LogP contribution is -2.24. The molecule has 0 aliphatic heterocycles. The minimum absolute atomic E-state index is 0.561. The Balaban J connectivity index is 2.82. The van der Waals surface area contributed by atoms with Gasteiger partial charge in [0.25, 0.3) is 0 Å². The summed E-state index contributed by atoms with van der Waals surface area (Å²) in [6, 6.07) is 5.57. The van der Waals surface area contributed by atoms with Crippen molar-refractivity contribution >= 4 is 5.97 Å². The predicted octanol–water partition coefficient (Wildman–Crippen LogP) is 2.75. The van der Waals surface area contributed by atoms with Crippen LogP contribution < -0.4 is 9.47 Å². The molecule has 1 aromatic carbocycles. The molecule has 0 aromatic heterocycles. The topological polar surface area (TPSA) is 55.8 Å². The van der Waals surface area contributed by atoms with Crippen LogP contribution in [0.4, 0.5) is 0 Å². The molecular weight excluding hydrogens is 232 g/mol. The van der Waals surface area contributed by atoms with Crippen LogP contribution >= 0.6 is 0 Å². The molecule has 0 saturated carbocycles. The minimum atomic E-state index is -0.782. The zero-order chi connectivity index (χ0) is 13.8. The van der Waals surface area contributed by atoms with Gasteiger partial charge in [0.05, 0.1) is 19.6 Å². The van der Waals surface area contributed by atoms with Gasteiger partial charge in [0.2, 0.25) is 0 Å². The molecule has 0 fully saturated rings. The maximum atomic E-state index is 11.0. The molecule has 1 aromatic rings. The lowest BCUT2D eigenvalue weighted by molar-refractivity contribution is -0.147. The summed E-state index contributed by atoms with van der Waals surface area (Å²) >= 11 is 0. The highest BCUT2D eigenvalue weighted by atomic mass is 16.5. The van der Waals surface area contributed by atoms with Crippen molar-refractivity contribution in [1.29, 1.82) is 0 Å². The minimum Gasteiger partial charge on any atom is -0.497 e. The van der Waals surface area contributed by atoms with Crippen LogP contribution in [-0.4, -0.2) is 25.3 Å². The third-order valence-corrected chi connectivity index (χ3v) is 3.09. The molecule has 1 N–H and O–H groups in total. The van der Waals surface area contributed by atoms with Gasteiger partial charge in [0, 0.05) is 6.07 Å². The molecule has 4 nitrogen and oxygen atoms in total. The van der Waals surface area contributed by atoms with Gasteiger partial charge < -0.3 is 14.6 Å². The summed E-state index contributed by atoms with van der Waals surface area (Å²) in [5.41, 5.74) is 0.262. The number of benzene rings is 1. The Morgan fingerprint density at radius 3 is 2.44 bits per heavy atom. The molecular formula is C14H20O4. The number of aryl methyl sites for hydroxylation is 1. The second-order valence-electron chi connectivity index (χ2n) is 4.87. The highest BCUT2D eigenvalue weighted by Crippen LogP contribution is 2.29. The van der Waals surface area contributed by atoms with Gasteiger partial charge in [0.1, 0.15) is 11.5 Å². The standard InChI is InChI=1S/C14H20O4/c1-14(2,13(15)16)8-7-10-5-6-11(17-3)9-12(10)18-4/h5-6,9H,7-8H2,1-4H3,(H,15,16). The fraction of sp³-hybridized carbons (Fsp3) is 0.500. The van der Waals surface area contributed by atoms with Gasteiger partial charge in [-0.2, -0.15) is 0 Å². The number of hydrogen-bond donors (Lipinski definition) is 1. The predicted molar refractivity (Wildman–Crippen MR) is 69.3 cm³/mol. The molecule has 0 aliphatic rings. The SMILES string of the molecule is COc1ccc(CCC(C)(C)C(=O)O)c(OC)c1. The molecule has 1 rings (SSSR count). The van der Waals surface area contributed by atoms with E-state index in [0.717, 1.165) is 17.1 Å². The molecule has 4 heteroatoms. The van der Waals surface area contributed by atoms with Crippen LogP contribution in [-0.2, 0) is 11.2 Å². The smallest absolute Gasteiger partial charge is 0.309 e. The number of ether oxygens (including phenoxy) is 2. The van der Waals surface area contributed by atoms with Crippen molar-refractivity contribution in [2.45, 2.75) is 26.7 Å². The van der Waals surface area contributed by atoms with E-state index in [2.05, 4.69) is 0 Å². The molecule has 0 aliphatic carbocycles. The Labute approximate surface area is 108 Å². The van der Waals surface area contributed by atoms with Crippen molar-refractivity contribution in [2.24, 2.45) is 5.41 Å². The average Bonchev–Trinajstić information content (AvgIpc) is 2.35. The number of carboxylic acid groups (broad SMARTS) is 1. The first-order valence-corrected chi connectivity index (χ1v) is 5.85. The Morgan fingerprint density at radius 2 is 1.94 bits per heavy atom. The number of hydrogen-bond acceptors (Lipinski definition) is 3. The Kier molecular flexibility index (Phi) is 4.59. The van der Waals surface area contributed by atoms with Crippen molar-refractivity contribution in [3.05, 3.63) is 23.8 Å². The first-order chi connectivity index (χ1) is 8.40. The molecule has 0 atom stereocenters. The summed E-state index contributed by atoms with van der Waals surface area (Å²) in [6.07, 6.45) is 1.22. The van der Waals surface area contributed by atoms with E-state index in [9.17, 15) is 4.79 Å². The van der Waals surface area contributed by atoms with Crippen molar-refractivity contribution in [3.63, 3.8) is 0 Å². The quantitative estimate of drug-likeness (QED) is 0.845. The van der Waals surface area contributed by atoms with Crippen LogP contribution in [0, 0.1) is 5.41 Å². The van der Waals surface area contributed by atoms with Gasteiger partial charge in [-0.05, 0) is 38.3 Å². The molecule has 0 saturated heterocycles. The van der Waals surface area contributed by atoms with Crippen molar-refractivity contribution in [3.8, 4) is 11.5 Å². The van der Waals surface area contributed by atoms with Crippen molar-refractivity contribution < 1.29 is 19.4 Å². The molecule has 18 heavy (non-hydrogen) atoms. The molecule has 0 radical (unpaired) electrons. The summed E-state index contributed by atoms with van der Waals surface area (Å²) in [5.74, 6) is 0.679. The first kappa shape index (κ1) is 14.4. The number of rotatable bonds is 6. The summed E-state index contributed by atoms with van der Waals surface area (Å²) in [6.45, 7) is 3.46. The molecule has 0 heterocycles. The van der Waals surface area contributed by atoms with Gasteiger partial charge >= 0.3 is 5.97 Å². The number of carbonyl (C=O) groups is 1. The van der Waals surface area contributed by atoms with Gasteiger partial charge in [0.15, 0.2) is 0 Å². The normalized spacial score (nSPS) is 11.1. The Hall–Kier alpha value is -1.71. The fourth-order valence-corrected chi connectivity index (χ4v) is 1.61. The van der Waals surface area contributed by atoms with Gasteiger partial charge in [-0.1, -0.05) is 6.07 Å². The molecule has 0 bridgehead atoms. The Morgan fingerprint density at radius 1 is 1.28 bits per heavy atom. The lowest BCUT2D eigenvalue weighted by atomic mass is 9.86. The van der Waals surface area contributed by atoms with Crippen LogP contribution in [0.1, 0.15) is 25.8 Å². The van der Waals surface area contributed by atoms with Crippen LogP contribution in [0.15, 0.2) is 18.2 Å². The van der Waals surface area contributed by atoms with Crippen molar-refractivity contribution in [2.75, 3.05) is 14.2 Å². The third kappa shape index (κ3) is 3.39. The van der Waals surface area contributed by atoms with E-state index in [1.54, 1.807) is 28.1 Å². The summed E-state index contributed by atoms with van der Waals surface area (Å²) in [4.78, 5) is 11.0. The number of aliphatic carboxylic acids is 1. The van der Waals surface area contributed by atoms with E-state index in [0.29, 0.717) is 12.8 Å². The average molecular weight is 252 g/mol. The summed E-state index contributed by atoms with van der Waals surface area (Å²) in [5, 5.41) is 9.08. The van der Waals surface area contributed by atoms with E-state index in [1.165, 1.54) is 0 Å². The maximum Gasteiger partial charge on any atom is 0.309 e. The van der Waals surface area contributed by atoms with Gasteiger partial charge in [-0.25, -0.2) is 0 Å². The van der Waals surface area contributed by atoms with Gasteiger partial charge in [-0.3, -0.25) is 4.79 Å². The zero-order valence-electron chi connectivity index (χ0n) is 11.3. The van der Waals surface area contributed by atoms with E-state index < -0.39 is 11.4 Å². The van der Waals surface area contributed by atoms with Crippen LogP contribution in [0.5, 0.6) is 11.5 Å². The second-order valence-corrected chi connectivity index (χ2v) is 4.87. The number of carboxylic acids is 1. The van der Waals surface area contributed by atoms with Crippen LogP contribution in [0.3, 0.4) is 0 Å². The molecule has 0 amide bonds. The summed E-state index contributed by atoms with van der Waals surface area (Å²) in [7, 11) is 3.20. The number of methoxy groups -OCH3 is 2. The van der Waals surface area contributed by atoms with Crippen LogP contribution in [0.2, 0.25) is 0 Å². The van der Waals surface area contributed by atoms with E-state index in [-0.39, 0.29) is 0 Å². The maximum absolute atomic E-state index is 11.0. The molecule has 0 spiro atoms. The lowest BCUT2D eigenvalue weighted by Gasteiger charge is -2.19. The van der Waals surface area contributed by atoms with Gasteiger partial charge in [-0.15, -0.1) is 0 Å². The van der Waals surface area contributed by atoms with E-state index in [4.69, 9.17) is 14.6 Å². The first-order valence-electron chi connectivity index (χ1n) is 5.85. The third-order valence-electron chi connectivity index (χ3n) is 3.09. The fourth-order valence-electron chi connectivity index (χ4n) is 1.61. The van der Waals surface area contributed by atoms with Crippen LogP contribution in [0.25, 0.3) is 0 Å². The molecule has 0 unspecified atom stereocenters. The van der Waals surface area contributed by atoms with E-state index in [1.807, 2.05) is 18.2 Å².